The van der Waals surface area contributed by atoms with Gasteiger partial charge in [0, 0.05) is 12.0 Å². The van der Waals surface area contributed by atoms with Gasteiger partial charge in [0.15, 0.2) is 0 Å². The topological polar surface area (TPSA) is 52.9 Å². The standard InChI is InChI=1S/C18H14N2O2S2/c21-15-6-2-1-5-12(15)14-11-13(16-7-3-9-23-16)19-20(14)18(22)17-8-4-10-24-17/h1-10,14,21H,11H2. The van der Waals surface area contributed by atoms with Crippen LogP contribution < -0.4 is 0 Å². The molecule has 0 saturated carbocycles. The second-order valence-electron chi connectivity index (χ2n) is 5.43. The summed E-state index contributed by atoms with van der Waals surface area (Å²) >= 11 is 3.00. The summed E-state index contributed by atoms with van der Waals surface area (Å²) in [6, 6.07) is 14.5. The molecule has 1 aromatic carbocycles. The van der Waals surface area contributed by atoms with Crippen molar-refractivity contribution in [3.05, 3.63) is 74.6 Å². The van der Waals surface area contributed by atoms with Gasteiger partial charge in [0.25, 0.3) is 5.91 Å². The van der Waals surface area contributed by atoms with E-state index >= 15 is 0 Å². The van der Waals surface area contributed by atoms with Gasteiger partial charge < -0.3 is 5.11 Å². The zero-order valence-electron chi connectivity index (χ0n) is 12.6. The number of rotatable bonds is 3. The van der Waals surface area contributed by atoms with Crippen LogP contribution in [-0.2, 0) is 0 Å². The number of hydrazone groups is 1. The van der Waals surface area contributed by atoms with E-state index in [1.54, 1.807) is 29.5 Å². The van der Waals surface area contributed by atoms with Crippen LogP contribution in [0.2, 0.25) is 0 Å². The van der Waals surface area contributed by atoms with Crippen molar-refractivity contribution in [3.8, 4) is 5.75 Å². The number of para-hydroxylation sites is 1. The highest BCUT2D eigenvalue weighted by molar-refractivity contribution is 7.12. The quantitative estimate of drug-likeness (QED) is 0.752. The molecule has 1 aliphatic rings. The predicted molar refractivity (Wildman–Crippen MR) is 96.8 cm³/mol. The van der Waals surface area contributed by atoms with Gasteiger partial charge >= 0.3 is 0 Å². The normalized spacial score (nSPS) is 17.1. The fourth-order valence-corrected chi connectivity index (χ4v) is 4.19. The molecule has 3 aromatic rings. The lowest BCUT2D eigenvalue weighted by molar-refractivity contribution is 0.0714. The monoisotopic (exact) mass is 354 g/mol. The second kappa shape index (κ2) is 6.22. The van der Waals surface area contributed by atoms with Crippen LogP contribution in [0, 0.1) is 0 Å². The first kappa shape index (κ1) is 15.1. The van der Waals surface area contributed by atoms with Crippen molar-refractivity contribution in [1.82, 2.24) is 5.01 Å². The summed E-state index contributed by atoms with van der Waals surface area (Å²) in [6.45, 7) is 0. The summed E-state index contributed by atoms with van der Waals surface area (Å²) in [4.78, 5) is 14.6. The van der Waals surface area contributed by atoms with Crippen LogP contribution in [0.5, 0.6) is 5.75 Å². The summed E-state index contributed by atoms with van der Waals surface area (Å²) in [5.74, 6) is 0.0546. The number of amides is 1. The number of hydrogen-bond donors (Lipinski definition) is 1. The lowest BCUT2D eigenvalue weighted by Gasteiger charge is -2.22. The maximum Gasteiger partial charge on any atom is 0.284 e. The summed E-state index contributed by atoms with van der Waals surface area (Å²) in [7, 11) is 0. The molecular weight excluding hydrogens is 340 g/mol. The molecule has 0 radical (unpaired) electrons. The molecule has 4 nitrogen and oxygen atoms in total. The number of phenolic OH excluding ortho intramolecular Hbond substituents is 1. The van der Waals surface area contributed by atoms with E-state index in [0.717, 1.165) is 16.2 Å². The second-order valence-corrected chi connectivity index (χ2v) is 7.33. The van der Waals surface area contributed by atoms with E-state index in [9.17, 15) is 9.90 Å². The molecule has 4 rings (SSSR count). The van der Waals surface area contributed by atoms with Crippen LogP contribution in [0.15, 0.2) is 64.4 Å². The van der Waals surface area contributed by atoms with Gasteiger partial charge in [-0.2, -0.15) is 5.10 Å². The molecule has 0 bridgehead atoms. The van der Waals surface area contributed by atoms with Crippen molar-refractivity contribution in [3.63, 3.8) is 0 Å². The molecule has 0 aliphatic carbocycles. The molecule has 24 heavy (non-hydrogen) atoms. The smallest absolute Gasteiger partial charge is 0.284 e. The van der Waals surface area contributed by atoms with Crippen molar-refractivity contribution in [2.24, 2.45) is 5.10 Å². The van der Waals surface area contributed by atoms with E-state index < -0.39 is 0 Å². The molecular formula is C18H14N2O2S2. The van der Waals surface area contributed by atoms with Gasteiger partial charge in [0.1, 0.15) is 5.75 Å². The summed E-state index contributed by atoms with van der Waals surface area (Å²) < 4.78 is 0. The fraction of sp³-hybridized carbons (Fsp3) is 0.111. The van der Waals surface area contributed by atoms with Crippen LogP contribution in [0.4, 0.5) is 0 Å². The van der Waals surface area contributed by atoms with E-state index in [0.29, 0.717) is 11.3 Å². The molecule has 2 aromatic heterocycles. The SMILES string of the molecule is O=C(c1cccs1)N1N=C(c2cccs2)CC1c1ccccc1O. The Hall–Kier alpha value is -2.44. The average Bonchev–Trinajstić information content (AvgIpc) is 3.34. The van der Waals surface area contributed by atoms with Gasteiger partial charge in [-0.3, -0.25) is 4.79 Å². The number of carbonyl (C=O) groups is 1. The van der Waals surface area contributed by atoms with Crippen LogP contribution in [0.1, 0.15) is 32.6 Å². The third-order valence-corrected chi connectivity index (χ3v) is 5.73. The molecule has 0 spiro atoms. The highest BCUT2D eigenvalue weighted by atomic mass is 32.1. The maximum atomic E-state index is 12.9. The summed E-state index contributed by atoms with van der Waals surface area (Å²) in [6.07, 6.45) is 0.592. The van der Waals surface area contributed by atoms with Crippen LogP contribution >= 0.6 is 22.7 Å². The number of phenols is 1. The molecule has 6 heteroatoms. The minimum atomic E-state index is -0.294. The Morgan fingerprint density at radius 3 is 2.58 bits per heavy atom. The first-order valence-corrected chi connectivity index (χ1v) is 9.26. The minimum Gasteiger partial charge on any atom is -0.508 e. The number of thiophene rings is 2. The average molecular weight is 354 g/mol. The van der Waals surface area contributed by atoms with Gasteiger partial charge in [0.05, 0.1) is 21.5 Å². The summed E-state index contributed by atoms with van der Waals surface area (Å²) in [5.41, 5.74) is 1.60. The number of nitrogens with zero attached hydrogens (tertiary/aromatic N) is 2. The Labute approximate surface area is 147 Å². The third-order valence-electron chi connectivity index (χ3n) is 3.95. The molecule has 1 atom stereocenters. The molecule has 1 N–H and O–H groups in total. The van der Waals surface area contributed by atoms with Crippen LogP contribution in [-0.4, -0.2) is 21.7 Å². The van der Waals surface area contributed by atoms with Crippen molar-refractivity contribution >= 4 is 34.3 Å². The Kier molecular flexibility index (Phi) is 3.92. The number of hydrogen-bond acceptors (Lipinski definition) is 5. The molecule has 0 fully saturated rings. The lowest BCUT2D eigenvalue weighted by atomic mass is 10.00. The molecule has 1 unspecified atom stereocenters. The lowest BCUT2D eigenvalue weighted by Crippen LogP contribution is -2.26. The van der Waals surface area contributed by atoms with E-state index in [-0.39, 0.29) is 17.7 Å². The predicted octanol–water partition coefficient (Wildman–Crippen LogP) is 4.51. The van der Waals surface area contributed by atoms with E-state index in [1.807, 2.05) is 41.1 Å². The minimum absolute atomic E-state index is 0.134. The van der Waals surface area contributed by atoms with Gasteiger partial charge in [-0.15, -0.1) is 22.7 Å². The van der Waals surface area contributed by atoms with E-state index in [4.69, 9.17) is 0 Å². The van der Waals surface area contributed by atoms with Gasteiger partial charge in [-0.1, -0.05) is 30.3 Å². The van der Waals surface area contributed by atoms with Crippen LogP contribution in [0.3, 0.4) is 0 Å². The molecule has 0 saturated heterocycles. The Bertz CT molecular complexity index is 886. The Morgan fingerprint density at radius 1 is 1.08 bits per heavy atom. The molecule has 3 heterocycles. The van der Waals surface area contributed by atoms with Gasteiger partial charge in [-0.05, 0) is 29.0 Å². The number of aromatic hydroxyl groups is 1. The third kappa shape index (κ3) is 2.64. The first-order valence-electron chi connectivity index (χ1n) is 7.50. The number of carbonyl (C=O) groups excluding carboxylic acids is 1. The number of benzene rings is 1. The highest BCUT2D eigenvalue weighted by Gasteiger charge is 2.35. The van der Waals surface area contributed by atoms with Crippen LogP contribution in [0.25, 0.3) is 0 Å². The van der Waals surface area contributed by atoms with E-state index in [2.05, 4.69) is 5.10 Å². The molecule has 120 valence electrons. The van der Waals surface area contributed by atoms with Gasteiger partial charge in [0.2, 0.25) is 0 Å². The van der Waals surface area contributed by atoms with Gasteiger partial charge in [-0.25, -0.2) is 5.01 Å². The first-order chi connectivity index (χ1) is 11.7. The molecule has 1 amide bonds. The van der Waals surface area contributed by atoms with Crippen molar-refractivity contribution in [2.45, 2.75) is 12.5 Å². The zero-order chi connectivity index (χ0) is 16.5. The molecule has 1 aliphatic heterocycles. The van der Waals surface area contributed by atoms with Crippen molar-refractivity contribution in [1.29, 1.82) is 0 Å². The van der Waals surface area contributed by atoms with Crippen molar-refractivity contribution < 1.29 is 9.90 Å². The Morgan fingerprint density at radius 2 is 1.88 bits per heavy atom. The fourth-order valence-electron chi connectivity index (χ4n) is 2.81. The maximum absolute atomic E-state index is 12.9. The zero-order valence-corrected chi connectivity index (χ0v) is 14.3. The van der Waals surface area contributed by atoms with E-state index in [1.165, 1.54) is 16.3 Å². The Balaban J connectivity index is 1.75. The van der Waals surface area contributed by atoms with Crippen molar-refractivity contribution in [2.75, 3.05) is 0 Å². The summed E-state index contributed by atoms with van der Waals surface area (Å²) in [5, 5.41) is 20.2. The highest BCUT2D eigenvalue weighted by Crippen LogP contribution is 2.38. The largest absolute Gasteiger partial charge is 0.508 e.